The molecule has 5 heteroatoms. The number of benzene rings is 1. The minimum Gasteiger partial charge on any atom is -0.478 e. The summed E-state index contributed by atoms with van der Waals surface area (Å²) in [5.74, 6) is -1.02. The Balaban J connectivity index is 2.95. The first-order valence-electron chi connectivity index (χ1n) is 4.17. The zero-order valence-electron chi connectivity index (χ0n) is 8.01. The molecule has 15 heavy (non-hydrogen) atoms. The summed E-state index contributed by atoms with van der Waals surface area (Å²) >= 11 is 0. The number of allylic oxidation sites excluding steroid dienone is 1. The molecule has 0 fully saturated rings. The van der Waals surface area contributed by atoms with Crippen LogP contribution in [-0.2, 0) is 0 Å². The van der Waals surface area contributed by atoms with Crippen molar-refractivity contribution < 1.29 is 14.8 Å². The average Bonchev–Trinajstić information content (AvgIpc) is 2.18. The summed E-state index contributed by atoms with van der Waals surface area (Å²) in [6.45, 7) is 1.38. The van der Waals surface area contributed by atoms with E-state index in [-0.39, 0.29) is 11.3 Å². The Morgan fingerprint density at radius 3 is 2.33 bits per heavy atom. The van der Waals surface area contributed by atoms with Crippen molar-refractivity contribution in [2.45, 2.75) is 6.92 Å². The van der Waals surface area contributed by atoms with Crippen LogP contribution in [0.1, 0.15) is 22.8 Å². The minimum atomic E-state index is -1.02. The van der Waals surface area contributed by atoms with Crippen molar-refractivity contribution >= 4 is 12.0 Å². The minimum absolute atomic E-state index is 0.0121. The van der Waals surface area contributed by atoms with E-state index in [1.165, 1.54) is 37.3 Å². The Hall–Kier alpha value is -2.17. The number of rotatable bonds is 3. The van der Waals surface area contributed by atoms with Gasteiger partial charge in [0, 0.05) is 13.0 Å². The number of aromatic carboxylic acids is 1. The Labute approximate surface area is 85.8 Å². The smallest absolute Gasteiger partial charge is 0.335 e. The molecule has 0 heterocycles. The molecule has 0 radical (unpaired) electrons. The van der Waals surface area contributed by atoms with E-state index >= 15 is 0 Å². The number of nitrogens with zero attached hydrogens (tertiary/aromatic N) is 1. The first-order valence-corrected chi connectivity index (χ1v) is 4.17. The van der Waals surface area contributed by atoms with Gasteiger partial charge in [-0.15, -0.1) is 0 Å². The molecule has 0 spiro atoms. The number of nitro groups is 1. The van der Waals surface area contributed by atoms with Gasteiger partial charge in [-0.05, 0) is 17.7 Å². The molecule has 0 aliphatic heterocycles. The van der Waals surface area contributed by atoms with E-state index in [1.807, 2.05) is 0 Å². The van der Waals surface area contributed by atoms with Crippen LogP contribution in [0, 0.1) is 10.1 Å². The maximum Gasteiger partial charge on any atom is 0.335 e. The van der Waals surface area contributed by atoms with Crippen molar-refractivity contribution in [3.8, 4) is 0 Å². The normalized spacial score (nSPS) is 11.1. The van der Waals surface area contributed by atoms with E-state index in [9.17, 15) is 14.9 Å². The fraction of sp³-hybridized carbons (Fsp3) is 0.100. The molecule has 0 atom stereocenters. The van der Waals surface area contributed by atoms with Crippen LogP contribution in [0.2, 0.25) is 0 Å². The van der Waals surface area contributed by atoms with Crippen LogP contribution in [0.15, 0.2) is 30.0 Å². The zero-order valence-corrected chi connectivity index (χ0v) is 8.01. The quantitative estimate of drug-likeness (QED) is 0.607. The lowest BCUT2D eigenvalue weighted by Gasteiger charge is -1.95. The van der Waals surface area contributed by atoms with Gasteiger partial charge in [0.1, 0.15) is 0 Å². The standard InChI is InChI=1S/C10H9NO4/c1-7(11(14)15)6-8-2-4-9(5-3-8)10(12)13/h2-6H,1H3,(H,12,13). The van der Waals surface area contributed by atoms with E-state index < -0.39 is 10.9 Å². The van der Waals surface area contributed by atoms with Gasteiger partial charge >= 0.3 is 5.97 Å². The predicted octanol–water partition coefficient (Wildman–Crippen LogP) is 2.02. The van der Waals surface area contributed by atoms with Crippen LogP contribution < -0.4 is 0 Å². The largest absolute Gasteiger partial charge is 0.478 e. The maximum absolute atomic E-state index is 10.5. The second-order valence-electron chi connectivity index (χ2n) is 2.97. The molecule has 78 valence electrons. The van der Waals surface area contributed by atoms with Gasteiger partial charge in [0.25, 0.3) is 0 Å². The van der Waals surface area contributed by atoms with E-state index in [0.29, 0.717) is 5.56 Å². The van der Waals surface area contributed by atoms with Crippen LogP contribution in [0.5, 0.6) is 0 Å². The first kappa shape index (κ1) is 10.9. The van der Waals surface area contributed by atoms with Gasteiger partial charge in [-0.25, -0.2) is 4.79 Å². The summed E-state index contributed by atoms with van der Waals surface area (Å²) in [5.41, 5.74) is 0.776. The maximum atomic E-state index is 10.5. The van der Waals surface area contributed by atoms with Crippen LogP contribution in [0.25, 0.3) is 6.08 Å². The first-order chi connectivity index (χ1) is 7.00. The fourth-order valence-electron chi connectivity index (χ4n) is 1.02. The molecule has 0 saturated carbocycles. The SMILES string of the molecule is CC(=Cc1ccc(C(=O)O)cc1)[N+](=O)[O-]. The lowest BCUT2D eigenvalue weighted by atomic mass is 10.1. The van der Waals surface area contributed by atoms with Crippen molar-refractivity contribution in [1.82, 2.24) is 0 Å². The van der Waals surface area contributed by atoms with Crippen molar-refractivity contribution in [3.63, 3.8) is 0 Å². The Bertz CT molecular complexity index is 420. The highest BCUT2D eigenvalue weighted by Crippen LogP contribution is 2.09. The summed E-state index contributed by atoms with van der Waals surface area (Å²) in [6, 6.07) is 5.86. The van der Waals surface area contributed by atoms with E-state index in [0.717, 1.165) is 0 Å². The predicted molar refractivity (Wildman–Crippen MR) is 54.0 cm³/mol. The monoisotopic (exact) mass is 207 g/mol. The van der Waals surface area contributed by atoms with Crippen molar-refractivity contribution in [2.24, 2.45) is 0 Å². The van der Waals surface area contributed by atoms with Gasteiger partial charge in [0.2, 0.25) is 5.70 Å². The summed E-state index contributed by atoms with van der Waals surface area (Å²) < 4.78 is 0. The van der Waals surface area contributed by atoms with Crippen LogP contribution in [-0.4, -0.2) is 16.0 Å². The van der Waals surface area contributed by atoms with Crippen molar-refractivity contribution in [2.75, 3.05) is 0 Å². The molecule has 1 rings (SSSR count). The Morgan fingerprint density at radius 2 is 1.93 bits per heavy atom. The zero-order chi connectivity index (χ0) is 11.4. The molecule has 0 unspecified atom stereocenters. The molecule has 0 amide bonds. The highest BCUT2D eigenvalue weighted by atomic mass is 16.6. The molecule has 5 nitrogen and oxygen atoms in total. The van der Waals surface area contributed by atoms with Gasteiger partial charge in [0.05, 0.1) is 10.5 Å². The Morgan fingerprint density at radius 1 is 1.40 bits per heavy atom. The molecule has 0 saturated heterocycles. The van der Waals surface area contributed by atoms with Gasteiger partial charge in [-0.2, -0.15) is 0 Å². The second kappa shape index (κ2) is 4.36. The molecule has 0 aromatic heterocycles. The summed E-state index contributed by atoms with van der Waals surface area (Å²) in [5, 5.41) is 18.9. The van der Waals surface area contributed by atoms with Crippen molar-refractivity contribution in [1.29, 1.82) is 0 Å². The van der Waals surface area contributed by atoms with Crippen molar-refractivity contribution in [3.05, 3.63) is 51.2 Å². The molecule has 1 aromatic carbocycles. The molecule has 0 aliphatic carbocycles. The van der Waals surface area contributed by atoms with E-state index in [4.69, 9.17) is 5.11 Å². The van der Waals surface area contributed by atoms with Crippen LogP contribution in [0.3, 0.4) is 0 Å². The van der Waals surface area contributed by atoms with E-state index in [2.05, 4.69) is 0 Å². The van der Waals surface area contributed by atoms with Gasteiger partial charge < -0.3 is 5.11 Å². The number of carbonyl (C=O) groups is 1. The van der Waals surface area contributed by atoms with Gasteiger partial charge in [-0.1, -0.05) is 12.1 Å². The van der Waals surface area contributed by atoms with Gasteiger partial charge in [0.15, 0.2) is 0 Å². The third-order valence-corrected chi connectivity index (χ3v) is 1.82. The highest BCUT2D eigenvalue weighted by Gasteiger charge is 2.04. The fourth-order valence-corrected chi connectivity index (χ4v) is 1.02. The lowest BCUT2D eigenvalue weighted by Crippen LogP contribution is -1.96. The van der Waals surface area contributed by atoms with E-state index in [1.54, 1.807) is 0 Å². The summed E-state index contributed by atoms with van der Waals surface area (Å²) in [4.78, 5) is 20.3. The molecule has 0 aliphatic rings. The molecule has 0 bridgehead atoms. The average molecular weight is 207 g/mol. The molecule has 1 N–H and O–H groups in total. The van der Waals surface area contributed by atoms with Crippen LogP contribution in [0.4, 0.5) is 0 Å². The van der Waals surface area contributed by atoms with Crippen LogP contribution >= 0.6 is 0 Å². The third kappa shape index (κ3) is 2.91. The Kier molecular flexibility index (Phi) is 3.17. The second-order valence-corrected chi connectivity index (χ2v) is 2.97. The van der Waals surface area contributed by atoms with Gasteiger partial charge in [-0.3, -0.25) is 10.1 Å². The lowest BCUT2D eigenvalue weighted by molar-refractivity contribution is -0.422. The molecular formula is C10H9NO4. The molecule has 1 aromatic rings. The summed E-state index contributed by atoms with van der Waals surface area (Å²) in [7, 11) is 0. The molecular weight excluding hydrogens is 198 g/mol. The summed E-state index contributed by atoms with van der Waals surface area (Å²) in [6.07, 6.45) is 1.38. The number of carboxylic acid groups (broad SMARTS) is 1. The topological polar surface area (TPSA) is 80.4 Å². The number of hydrogen-bond acceptors (Lipinski definition) is 3. The number of hydrogen-bond donors (Lipinski definition) is 1. The third-order valence-electron chi connectivity index (χ3n) is 1.82. The number of carboxylic acids is 1. The highest BCUT2D eigenvalue weighted by molar-refractivity contribution is 5.87.